The van der Waals surface area contributed by atoms with Crippen LogP contribution in [0, 0.1) is 13.8 Å². The minimum absolute atomic E-state index is 0.168. The highest BCUT2D eigenvalue weighted by atomic mass is 16.7. The van der Waals surface area contributed by atoms with Gasteiger partial charge in [0.2, 0.25) is 0 Å². The molecule has 1 fully saturated rings. The van der Waals surface area contributed by atoms with Crippen LogP contribution < -0.4 is 9.64 Å². The highest BCUT2D eigenvalue weighted by molar-refractivity contribution is 6.06. The molecule has 4 rings (SSSR count). The fourth-order valence-corrected chi connectivity index (χ4v) is 3.35. The van der Waals surface area contributed by atoms with Crippen molar-refractivity contribution < 1.29 is 19.0 Å². The lowest BCUT2D eigenvalue weighted by Gasteiger charge is -2.22. The van der Waals surface area contributed by atoms with Gasteiger partial charge in [0, 0.05) is 5.56 Å². The van der Waals surface area contributed by atoms with Crippen molar-refractivity contribution in [2.45, 2.75) is 19.6 Å². The van der Waals surface area contributed by atoms with Crippen LogP contribution in [0.3, 0.4) is 0 Å². The van der Waals surface area contributed by atoms with Crippen LogP contribution in [0.2, 0.25) is 0 Å². The molecule has 0 unspecified atom stereocenters. The Balaban J connectivity index is 1.54. The maximum absolute atomic E-state index is 13.0. The maximum atomic E-state index is 13.0. The number of aryl methyl sites for hydroxylation is 2. The van der Waals surface area contributed by atoms with Crippen molar-refractivity contribution in [1.29, 1.82) is 0 Å². The van der Waals surface area contributed by atoms with Crippen molar-refractivity contribution in [2.75, 3.05) is 31.3 Å². The second kappa shape index (κ2) is 6.17. The summed E-state index contributed by atoms with van der Waals surface area (Å²) >= 11 is 0. The lowest BCUT2D eigenvalue weighted by Crippen LogP contribution is -2.42. The van der Waals surface area contributed by atoms with Crippen LogP contribution in [0.5, 0.6) is 5.75 Å². The zero-order chi connectivity index (χ0) is 17.4. The first-order valence-electron chi connectivity index (χ1n) is 8.51. The van der Waals surface area contributed by atoms with E-state index in [-0.39, 0.29) is 5.91 Å². The van der Waals surface area contributed by atoms with Gasteiger partial charge in [-0.3, -0.25) is 4.79 Å². The standard InChI is InChI=1S/C20H21NO4/c1-14-3-6-16(7-4-14)23-10-9-21-18-8-5-15(2)13-17(18)20(19(21)22)24-11-12-25-20/h3-8,13H,9-12H2,1-2H3. The number of rotatable bonds is 4. The van der Waals surface area contributed by atoms with Crippen molar-refractivity contribution in [3.8, 4) is 5.75 Å². The molecule has 25 heavy (non-hydrogen) atoms. The van der Waals surface area contributed by atoms with E-state index in [4.69, 9.17) is 14.2 Å². The van der Waals surface area contributed by atoms with Crippen molar-refractivity contribution in [1.82, 2.24) is 0 Å². The first-order chi connectivity index (χ1) is 12.1. The Kier molecular flexibility index (Phi) is 3.98. The molecule has 2 aromatic rings. The minimum Gasteiger partial charge on any atom is -0.492 e. The number of ether oxygens (including phenoxy) is 3. The lowest BCUT2D eigenvalue weighted by molar-refractivity contribution is -0.180. The number of carbonyl (C=O) groups is 1. The Bertz CT molecular complexity index is 794. The molecule has 0 aliphatic carbocycles. The van der Waals surface area contributed by atoms with E-state index in [2.05, 4.69) is 0 Å². The van der Waals surface area contributed by atoms with Crippen LogP contribution in [0.15, 0.2) is 42.5 Å². The highest BCUT2D eigenvalue weighted by Gasteiger charge is 2.55. The molecular formula is C20H21NO4. The Hall–Kier alpha value is -2.37. The minimum atomic E-state index is -1.27. The average Bonchev–Trinajstić information content (AvgIpc) is 3.18. The average molecular weight is 339 g/mol. The van der Waals surface area contributed by atoms with E-state index in [9.17, 15) is 4.79 Å². The second-order valence-electron chi connectivity index (χ2n) is 6.45. The van der Waals surface area contributed by atoms with Gasteiger partial charge in [-0.2, -0.15) is 0 Å². The van der Waals surface area contributed by atoms with Crippen LogP contribution >= 0.6 is 0 Å². The predicted octanol–water partition coefficient (Wildman–Crippen LogP) is 2.93. The number of carbonyl (C=O) groups excluding carboxylic acids is 1. The van der Waals surface area contributed by atoms with Gasteiger partial charge >= 0.3 is 0 Å². The fourth-order valence-electron chi connectivity index (χ4n) is 3.35. The zero-order valence-corrected chi connectivity index (χ0v) is 14.5. The summed E-state index contributed by atoms with van der Waals surface area (Å²) < 4.78 is 17.3. The van der Waals surface area contributed by atoms with Crippen molar-refractivity contribution >= 4 is 11.6 Å². The third-order valence-electron chi connectivity index (χ3n) is 4.62. The smallest absolute Gasteiger partial charge is 0.292 e. The van der Waals surface area contributed by atoms with Crippen LogP contribution in [-0.4, -0.2) is 32.3 Å². The van der Waals surface area contributed by atoms with Crippen LogP contribution in [0.1, 0.15) is 16.7 Å². The molecule has 2 aromatic carbocycles. The summed E-state index contributed by atoms with van der Waals surface area (Å²) in [5.41, 5.74) is 3.89. The predicted molar refractivity (Wildman–Crippen MR) is 93.8 cm³/mol. The lowest BCUT2D eigenvalue weighted by atomic mass is 10.0. The van der Waals surface area contributed by atoms with E-state index in [0.29, 0.717) is 26.4 Å². The van der Waals surface area contributed by atoms with E-state index < -0.39 is 5.79 Å². The third kappa shape index (κ3) is 2.69. The van der Waals surface area contributed by atoms with Gasteiger partial charge in [-0.1, -0.05) is 29.3 Å². The van der Waals surface area contributed by atoms with Crippen molar-refractivity contribution in [2.24, 2.45) is 0 Å². The quantitative estimate of drug-likeness (QED) is 0.859. The molecule has 0 saturated carbocycles. The largest absolute Gasteiger partial charge is 0.492 e. The fraction of sp³-hybridized carbons (Fsp3) is 0.350. The molecule has 0 atom stereocenters. The molecule has 0 N–H and O–H groups in total. The summed E-state index contributed by atoms with van der Waals surface area (Å²) in [4.78, 5) is 14.7. The van der Waals surface area contributed by atoms with E-state index in [1.54, 1.807) is 4.90 Å². The van der Waals surface area contributed by atoms with E-state index in [0.717, 1.165) is 22.6 Å². The van der Waals surface area contributed by atoms with Crippen LogP contribution in [0.25, 0.3) is 0 Å². The van der Waals surface area contributed by atoms with Gasteiger partial charge in [0.05, 0.1) is 25.4 Å². The molecule has 2 aliphatic rings. The van der Waals surface area contributed by atoms with Gasteiger partial charge in [0.15, 0.2) is 0 Å². The number of hydrogen-bond acceptors (Lipinski definition) is 4. The molecular weight excluding hydrogens is 318 g/mol. The second-order valence-corrected chi connectivity index (χ2v) is 6.45. The Morgan fingerprint density at radius 1 is 1.04 bits per heavy atom. The molecule has 5 heteroatoms. The maximum Gasteiger partial charge on any atom is 0.292 e. The summed E-state index contributed by atoms with van der Waals surface area (Å²) in [6, 6.07) is 13.8. The molecule has 1 spiro atoms. The van der Waals surface area contributed by atoms with Gasteiger partial charge in [0.25, 0.3) is 11.7 Å². The van der Waals surface area contributed by atoms with Crippen molar-refractivity contribution in [3.63, 3.8) is 0 Å². The summed E-state index contributed by atoms with van der Waals surface area (Å²) in [7, 11) is 0. The molecule has 1 saturated heterocycles. The number of anilines is 1. The molecule has 130 valence electrons. The Labute approximate surface area is 147 Å². The van der Waals surface area contributed by atoms with Gasteiger partial charge in [0.1, 0.15) is 12.4 Å². The summed E-state index contributed by atoms with van der Waals surface area (Å²) in [5.74, 6) is -0.645. The molecule has 0 bridgehead atoms. The van der Waals surface area contributed by atoms with E-state index >= 15 is 0 Å². The van der Waals surface area contributed by atoms with Gasteiger partial charge in [-0.15, -0.1) is 0 Å². The van der Waals surface area contributed by atoms with E-state index in [1.165, 1.54) is 5.56 Å². The topological polar surface area (TPSA) is 48.0 Å². The molecule has 2 heterocycles. The molecule has 2 aliphatic heterocycles. The summed E-state index contributed by atoms with van der Waals surface area (Å²) in [6.45, 7) is 5.72. The Morgan fingerprint density at radius 3 is 2.44 bits per heavy atom. The SMILES string of the molecule is Cc1ccc(OCCN2C(=O)C3(OCCO3)c3cc(C)ccc32)cc1. The number of amides is 1. The van der Waals surface area contributed by atoms with Crippen molar-refractivity contribution in [3.05, 3.63) is 59.2 Å². The van der Waals surface area contributed by atoms with Crippen LogP contribution in [0.4, 0.5) is 5.69 Å². The Morgan fingerprint density at radius 2 is 1.72 bits per heavy atom. The van der Waals surface area contributed by atoms with Gasteiger partial charge < -0.3 is 19.1 Å². The number of nitrogens with zero attached hydrogens (tertiary/aromatic N) is 1. The molecule has 0 aromatic heterocycles. The number of hydrogen-bond donors (Lipinski definition) is 0. The zero-order valence-electron chi connectivity index (χ0n) is 14.5. The molecule has 0 radical (unpaired) electrons. The number of fused-ring (bicyclic) bond motifs is 2. The third-order valence-corrected chi connectivity index (χ3v) is 4.62. The summed E-state index contributed by atoms with van der Waals surface area (Å²) in [5, 5.41) is 0. The normalized spacial score (nSPS) is 18.0. The summed E-state index contributed by atoms with van der Waals surface area (Å²) in [6.07, 6.45) is 0. The molecule has 1 amide bonds. The number of benzene rings is 2. The highest BCUT2D eigenvalue weighted by Crippen LogP contribution is 2.45. The van der Waals surface area contributed by atoms with Gasteiger partial charge in [-0.05, 0) is 38.1 Å². The monoisotopic (exact) mass is 339 g/mol. The van der Waals surface area contributed by atoms with Gasteiger partial charge in [-0.25, -0.2) is 0 Å². The first kappa shape index (κ1) is 16.1. The van der Waals surface area contributed by atoms with Crippen LogP contribution in [-0.2, 0) is 20.1 Å². The van der Waals surface area contributed by atoms with E-state index in [1.807, 2.05) is 56.3 Å². The first-order valence-corrected chi connectivity index (χ1v) is 8.51. The molecule has 5 nitrogen and oxygen atoms in total.